The average Bonchev–Trinajstić information content (AvgIpc) is 3.09. The largest absolute Gasteiger partial charge is 0.348 e. The number of piperidine rings is 1. The van der Waals surface area contributed by atoms with E-state index in [2.05, 4.69) is 15.2 Å². The Morgan fingerprint density at radius 1 is 1.32 bits per heavy atom. The molecule has 0 unspecified atom stereocenters. The lowest BCUT2D eigenvalue weighted by Crippen LogP contribution is -2.44. The maximum atomic E-state index is 13.3. The maximum Gasteiger partial charge on any atom is 0.270 e. The molecule has 0 spiro atoms. The molecule has 1 aliphatic heterocycles. The van der Waals surface area contributed by atoms with Gasteiger partial charge in [-0.1, -0.05) is 6.07 Å². The molecule has 0 radical (unpaired) electrons. The van der Waals surface area contributed by atoms with Crippen LogP contribution in [0.5, 0.6) is 0 Å². The molecule has 1 aliphatic rings. The first kappa shape index (κ1) is 17.9. The zero-order valence-electron chi connectivity index (χ0n) is 13.7. The van der Waals surface area contributed by atoms with Crippen molar-refractivity contribution < 1.29 is 13.6 Å². The van der Waals surface area contributed by atoms with Crippen LogP contribution in [0, 0.1) is 11.6 Å². The van der Waals surface area contributed by atoms with Gasteiger partial charge in [0.2, 0.25) is 0 Å². The summed E-state index contributed by atoms with van der Waals surface area (Å²) in [7, 11) is 0. The number of likely N-dealkylation sites (tertiary alicyclic amines) is 1. The molecule has 3 rings (SSSR count). The Bertz CT molecular complexity index is 744. The predicted molar refractivity (Wildman–Crippen MR) is 92.1 cm³/mol. The Hall–Kier alpha value is -1.90. The molecule has 0 bridgehead atoms. The number of rotatable bonds is 5. The number of carbonyl (C=O) groups excluding carboxylic acids is 1. The summed E-state index contributed by atoms with van der Waals surface area (Å²) in [6, 6.07) is 4.09. The first-order chi connectivity index (χ1) is 12.0. The molecule has 8 heteroatoms. The predicted octanol–water partition coefficient (Wildman–Crippen LogP) is 2.27. The van der Waals surface area contributed by atoms with Gasteiger partial charge in [0.25, 0.3) is 5.91 Å². The van der Waals surface area contributed by atoms with Crippen LogP contribution in [0.3, 0.4) is 0 Å². The van der Waals surface area contributed by atoms with Crippen molar-refractivity contribution in [1.82, 2.24) is 15.2 Å². The summed E-state index contributed by atoms with van der Waals surface area (Å²) in [5.74, 6) is -1.82. The van der Waals surface area contributed by atoms with E-state index in [4.69, 9.17) is 5.73 Å². The van der Waals surface area contributed by atoms with Crippen LogP contribution in [0.15, 0.2) is 23.6 Å². The van der Waals surface area contributed by atoms with E-state index in [9.17, 15) is 13.6 Å². The smallest absolute Gasteiger partial charge is 0.270 e. The van der Waals surface area contributed by atoms with E-state index in [1.807, 2.05) is 0 Å². The molecule has 3 N–H and O–H groups in total. The fraction of sp³-hybridized carbons (Fsp3) is 0.412. The Morgan fingerprint density at radius 2 is 2.08 bits per heavy atom. The molecule has 1 saturated heterocycles. The van der Waals surface area contributed by atoms with E-state index in [0.29, 0.717) is 18.8 Å². The van der Waals surface area contributed by atoms with Gasteiger partial charge in [-0.2, -0.15) is 0 Å². The molecule has 0 saturated carbocycles. The van der Waals surface area contributed by atoms with Gasteiger partial charge in [0, 0.05) is 37.6 Å². The van der Waals surface area contributed by atoms with Crippen LogP contribution in [0.25, 0.3) is 0 Å². The topological polar surface area (TPSA) is 71.2 Å². The molecule has 0 aliphatic carbocycles. The molecule has 1 aromatic heterocycles. The summed E-state index contributed by atoms with van der Waals surface area (Å²) in [4.78, 5) is 18.5. The van der Waals surface area contributed by atoms with Crippen LogP contribution < -0.4 is 11.1 Å². The monoisotopic (exact) mass is 366 g/mol. The second-order valence-electron chi connectivity index (χ2n) is 6.10. The third kappa shape index (κ3) is 4.59. The van der Waals surface area contributed by atoms with Crippen LogP contribution in [0.1, 0.15) is 33.9 Å². The number of halogens is 2. The Kier molecular flexibility index (Phi) is 5.72. The van der Waals surface area contributed by atoms with Gasteiger partial charge in [0.05, 0.1) is 0 Å². The number of thiazole rings is 1. The van der Waals surface area contributed by atoms with E-state index < -0.39 is 11.6 Å². The lowest BCUT2D eigenvalue weighted by molar-refractivity contribution is 0.0904. The average molecular weight is 366 g/mol. The third-order valence-electron chi connectivity index (χ3n) is 4.27. The van der Waals surface area contributed by atoms with E-state index in [0.717, 1.165) is 42.6 Å². The highest BCUT2D eigenvalue weighted by atomic mass is 32.1. The van der Waals surface area contributed by atoms with Gasteiger partial charge in [-0.3, -0.25) is 9.69 Å². The van der Waals surface area contributed by atoms with Crippen LogP contribution in [0.4, 0.5) is 8.78 Å². The number of aromatic nitrogens is 1. The van der Waals surface area contributed by atoms with Crippen molar-refractivity contribution >= 4 is 17.2 Å². The summed E-state index contributed by atoms with van der Waals surface area (Å²) in [6.45, 7) is 2.48. The van der Waals surface area contributed by atoms with Gasteiger partial charge in [0.15, 0.2) is 11.6 Å². The number of nitrogens with two attached hydrogens (primary N) is 1. The van der Waals surface area contributed by atoms with Crippen molar-refractivity contribution in [3.8, 4) is 0 Å². The fourth-order valence-electron chi connectivity index (χ4n) is 2.90. The van der Waals surface area contributed by atoms with Gasteiger partial charge in [-0.25, -0.2) is 13.8 Å². The minimum atomic E-state index is -0.829. The molecule has 5 nitrogen and oxygen atoms in total. The van der Waals surface area contributed by atoms with Crippen molar-refractivity contribution in [2.75, 3.05) is 13.1 Å². The number of nitrogens with one attached hydrogen (secondary N) is 1. The van der Waals surface area contributed by atoms with E-state index in [-0.39, 0.29) is 11.9 Å². The molecule has 1 amide bonds. The quantitative estimate of drug-likeness (QED) is 0.852. The normalized spacial score (nSPS) is 16.1. The highest BCUT2D eigenvalue weighted by Crippen LogP contribution is 2.17. The lowest BCUT2D eigenvalue weighted by atomic mass is 10.0. The molecule has 25 heavy (non-hydrogen) atoms. The zero-order chi connectivity index (χ0) is 17.8. The van der Waals surface area contributed by atoms with Crippen LogP contribution in [0.2, 0.25) is 0 Å². The van der Waals surface area contributed by atoms with Gasteiger partial charge < -0.3 is 11.1 Å². The lowest BCUT2D eigenvalue weighted by Gasteiger charge is -2.32. The summed E-state index contributed by atoms with van der Waals surface area (Å²) in [5.41, 5.74) is 6.67. The van der Waals surface area contributed by atoms with Gasteiger partial charge in [-0.05, 0) is 30.5 Å². The van der Waals surface area contributed by atoms with Crippen molar-refractivity contribution in [2.45, 2.75) is 32.0 Å². The highest BCUT2D eigenvalue weighted by Gasteiger charge is 2.22. The molecular formula is C17H20F2N4OS. The van der Waals surface area contributed by atoms with Crippen LogP contribution in [-0.2, 0) is 13.1 Å². The summed E-state index contributed by atoms with van der Waals surface area (Å²) in [6.07, 6.45) is 1.62. The summed E-state index contributed by atoms with van der Waals surface area (Å²) >= 11 is 1.38. The summed E-state index contributed by atoms with van der Waals surface area (Å²) < 4.78 is 26.2. The highest BCUT2D eigenvalue weighted by molar-refractivity contribution is 7.09. The van der Waals surface area contributed by atoms with Gasteiger partial charge in [-0.15, -0.1) is 11.3 Å². The Balaban J connectivity index is 1.48. The first-order valence-corrected chi connectivity index (χ1v) is 9.04. The molecule has 1 fully saturated rings. The minimum absolute atomic E-state index is 0.0942. The van der Waals surface area contributed by atoms with Crippen molar-refractivity contribution in [3.63, 3.8) is 0 Å². The molecule has 134 valence electrons. The molecule has 2 aromatic rings. The second-order valence-corrected chi connectivity index (χ2v) is 7.05. The number of benzene rings is 1. The maximum absolute atomic E-state index is 13.3. The van der Waals surface area contributed by atoms with Crippen LogP contribution >= 0.6 is 11.3 Å². The third-order valence-corrected chi connectivity index (χ3v) is 5.14. The van der Waals surface area contributed by atoms with Gasteiger partial charge in [0.1, 0.15) is 10.7 Å². The SMILES string of the molecule is NCc1nc(C(=O)NC2CCN(Cc3ccc(F)c(F)c3)CC2)cs1. The standard InChI is InChI=1S/C17H20F2N4OS/c18-13-2-1-11(7-14(13)19)9-23-5-3-12(4-6-23)21-17(24)15-10-25-16(8-20)22-15/h1-2,7,10,12H,3-6,8-9,20H2,(H,21,24). The van der Waals surface area contributed by atoms with Crippen molar-refractivity contribution in [1.29, 1.82) is 0 Å². The number of carbonyl (C=O) groups is 1. The van der Waals surface area contributed by atoms with Crippen LogP contribution in [-0.4, -0.2) is 34.9 Å². The van der Waals surface area contributed by atoms with Gasteiger partial charge >= 0.3 is 0 Å². The molecule has 2 heterocycles. The van der Waals surface area contributed by atoms with Crippen molar-refractivity contribution in [3.05, 3.63) is 51.5 Å². The van der Waals surface area contributed by atoms with E-state index in [1.54, 1.807) is 11.4 Å². The number of nitrogens with zero attached hydrogens (tertiary/aromatic N) is 2. The minimum Gasteiger partial charge on any atom is -0.348 e. The molecule has 1 aromatic carbocycles. The van der Waals surface area contributed by atoms with E-state index in [1.165, 1.54) is 17.4 Å². The molecular weight excluding hydrogens is 346 g/mol. The zero-order valence-corrected chi connectivity index (χ0v) is 14.5. The fourth-order valence-corrected chi connectivity index (χ4v) is 3.55. The van der Waals surface area contributed by atoms with E-state index >= 15 is 0 Å². The number of amides is 1. The molecule has 0 atom stereocenters. The number of hydrogen-bond donors (Lipinski definition) is 2. The second kappa shape index (κ2) is 7.99. The summed E-state index contributed by atoms with van der Waals surface area (Å²) in [5, 5.41) is 5.46. The Morgan fingerprint density at radius 3 is 2.72 bits per heavy atom. The van der Waals surface area contributed by atoms with Crippen molar-refractivity contribution in [2.24, 2.45) is 5.73 Å². The Labute approximate surface area is 148 Å². The number of hydrogen-bond acceptors (Lipinski definition) is 5. The first-order valence-electron chi connectivity index (χ1n) is 8.17.